The third kappa shape index (κ3) is 7.95. The number of esters is 1. The van der Waals surface area contributed by atoms with Gasteiger partial charge in [0, 0.05) is 20.6 Å². The Morgan fingerprint density at radius 1 is 0.744 bits per heavy atom. The summed E-state index contributed by atoms with van der Waals surface area (Å²) in [4.78, 5) is 38.9. The third-order valence-corrected chi connectivity index (χ3v) is 7.46. The van der Waals surface area contributed by atoms with E-state index in [1.807, 2.05) is 0 Å². The highest BCUT2D eigenvalue weighted by molar-refractivity contribution is 5.79. The second-order valence-electron chi connectivity index (χ2n) is 13.0. The predicted molar refractivity (Wildman–Crippen MR) is 145 cm³/mol. The molecule has 2 amide bonds. The fourth-order valence-corrected chi connectivity index (χ4v) is 5.88. The van der Waals surface area contributed by atoms with E-state index in [1.165, 1.54) is 21.3 Å². The van der Waals surface area contributed by atoms with Crippen molar-refractivity contribution in [2.45, 2.75) is 140 Å². The van der Waals surface area contributed by atoms with Crippen LogP contribution in [0.25, 0.3) is 0 Å². The van der Waals surface area contributed by atoms with Gasteiger partial charge in [0.05, 0.1) is 25.6 Å². The number of methoxy groups -OCH3 is 3. The van der Waals surface area contributed by atoms with Crippen molar-refractivity contribution in [2.24, 2.45) is 0 Å². The normalized spacial score (nSPS) is 35.5. The summed E-state index contributed by atoms with van der Waals surface area (Å²) in [5, 5.41) is 5.61. The van der Waals surface area contributed by atoms with Crippen LogP contribution in [0.2, 0.25) is 0 Å². The van der Waals surface area contributed by atoms with E-state index in [9.17, 15) is 14.4 Å². The summed E-state index contributed by atoms with van der Waals surface area (Å²) < 4.78 is 57.6. The molecule has 0 aromatic heterocycles. The van der Waals surface area contributed by atoms with Gasteiger partial charge in [-0.15, -0.1) is 0 Å². The summed E-state index contributed by atoms with van der Waals surface area (Å²) in [5.74, 6) is -2.89. The molecule has 4 fully saturated rings. The van der Waals surface area contributed by atoms with Gasteiger partial charge in [0.2, 0.25) is 5.91 Å². The molecule has 0 aromatic carbocycles. The minimum atomic E-state index is -0.936. The van der Waals surface area contributed by atoms with Crippen LogP contribution in [0.1, 0.15) is 61.3 Å². The molecule has 15 nitrogen and oxygen atoms in total. The van der Waals surface area contributed by atoms with E-state index >= 15 is 0 Å². The summed E-state index contributed by atoms with van der Waals surface area (Å²) in [6.45, 7) is 12.2. The summed E-state index contributed by atoms with van der Waals surface area (Å²) in [6, 6.07) is -1.82. The molecule has 0 radical (unpaired) electrons. The molecular formula is C28H46N2O13. The molecular weight excluding hydrogens is 572 g/mol. The van der Waals surface area contributed by atoms with Crippen LogP contribution in [0.3, 0.4) is 0 Å². The zero-order valence-electron chi connectivity index (χ0n) is 26.5. The zero-order chi connectivity index (χ0) is 31.9. The lowest BCUT2D eigenvalue weighted by atomic mass is 9.98. The molecule has 246 valence electrons. The van der Waals surface area contributed by atoms with Crippen LogP contribution in [0, 0.1) is 0 Å². The lowest BCUT2D eigenvalue weighted by Gasteiger charge is -2.33. The van der Waals surface area contributed by atoms with Crippen molar-refractivity contribution in [2.75, 3.05) is 21.3 Å². The number of hydrogen-bond donors (Lipinski definition) is 2. The van der Waals surface area contributed by atoms with Crippen LogP contribution < -0.4 is 10.6 Å². The fourth-order valence-electron chi connectivity index (χ4n) is 5.88. The Balaban J connectivity index is 1.52. The highest BCUT2D eigenvalue weighted by Gasteiger charge is 2.59. The SMILES string of the molecule is COC(=O)CC(NC(=O)CC(NC(=O)OC(C)(C)C)[C@H]1O[C@@H]2OC(C)(C)O[C@@H]2[C@H]1OC)[C@H]1O[C@@H]2OC(C)(C)O[C@@H]2[C@H]1OC. The number of nitrogens with one attached hydrogen (secondary N) is 2. The highest BCUT2D eigenvalue weighted by Crippen LogP contribution is 2.41. The topological polar surface area (TPSA) is 168 Å². The number of hydrogen-bond acceptors (Lipinski definition) is 13. The maximum atomic E-state index is 13.6. The largest absolute Gasteiger partial charge is 0.469 e. The number of alkyl carbamates (subject to hydrolysis) is 1. The molecule has 0 spiro atoms. The molecule has 0 saturated carbocycles. The molecule has 10 atom stereocenters. The molecule has 4 heterocycles. The van der Waals surface area contributed by atoms with Crippen LogP contribution in [0.5, 0.6) is 0 Å². The predicted octanol–water partition coefficient (Wildman–Crippen LogP) is 1.10. The molecule has 4 saturated heterocycles. The Labute approximate surface area is 251 Å². The quantitative estimate of drug-likeness (QED) is 0.334. The fraction of sp³-hybridized carbons (Fsp3) is 0.893. The molecule has 15 heteroatoms. The van der Waals surface area contributed by atoms with Crippen LogP contribution in [-0.2, 0) is 57.0 Å². The van der Waals surface area contributed by atoms with Crippen molar-refractivity contribution in [1.29, 1.82) is 0 Å². The average molecular weight is 619 g/mol. The third-order valence-electron chi connectivity index (χ3n) is 7.46. The molecule has 4 rings (SSSR count). The molecule has 4 aliphatic heterocycles. The Morgan fingerprint density at radius 2 is 1.21 bits per heavy atom. The van der Waals surface area contributed by atoms with Crippen molar-refractivity contribution >= 4 is 18.0 Å². The lowest BCUT2D eigenvalue weighted by Crippen LogP contribution is -2.55. The summed E-state index contributed by atoms with van der Waals surface area (Å²) in [6.07, 6.45) is -6.96. The number of amides is 2. The molecule has 0 aliphatic carbocycles. The van der Waals surface area contributed by atoms with Gasteiger partial charge in [0.1, 0.15) is 42.2 Å². The number of ether oxygens (including phenoxy) is 10. The summed E-state index contributed by atoms with van der Waals surface area (Å²) >= 11 is 0. The van der Waals surface area contributed by atoms with E-state index in [2.05, 4.69) is 10.6 Å². The van der Waals surface area contributed by atoms with Crippen LogP contribution in [-0.4, -0.2) is 118 Å². The summed E-state index contributed by atoms with van der Waals surface area (Å²) in [7, 11) is 4.22. The van der Waals surface area contributed by atoms with Gasteiger partial charge in [0.25, 0.3) is 0 Å². The zero-order valence-corrected chi connectivity index (χ0v) is 26.5. The van der Waals surface area contributed by atoms with Gasteiger partial charge in [-0.25, -0.2) is 4.79 Å². The second-order valence-corrected chi connectivity index (χ2v) is 13.0. The monoisotopic (exact) mass is 618 g/mol. The van der Waals surface area contributed by atoms with Gasteiger partial charge in [-0.3, -0.25) is 9.59 Å². The number of rotatable bonds is 10. The Morgan fingerprint density at radius 3 is 1.63 bits per heavy atom. The minimum Gasteiger partial charge on any atom is -0.469 e. The first-order valence-corrected chi connectivity index (χ1v) is 14.4. The van der Waals surface area contributed by atoms with Crippen molar-refractivity contribution in [3.05, 3.63) is 0 Å². The minimum absolute atomic E-state index is 0.221. The summed E-state index contributed by atoms with van der Waals surface area (Å²) in [5.41, 5.74) is -0.793. The highest BCUT2D eigenvalue weighted by atomic mass is 16.9. The first-order valence-electron chi connectivity index (χ1n) is 14.4. The Kier molecular flexibility index (Phi) is 9.99. The average Bonchev–Trinajstić information content (AvgIpc) is 3.55. The molecule has 4 aliphatic rings. The maximum absolute atomic E-state index is 13.6. The van der Waals surface area contributed by atoms with Gasteiger partial charge in [0.15, 0.2) is 24.2 Å². The first-order chi connectivity index (χ1) is 20.0. The molecule has 2 unspecified atom stereocenters. The standard InChI is InChI=1S/C28H46N2O13/c1-26(2,3)43-25(33)30-13(17-19(35-9)21-23(37-17)41-27(4,5)39-21)11-15(31)29-14(12-16(32)34-8)18-20(36-10)22-24(38-18)42-28(6,7)40-22/h13-14,17-24H,11-12H2,1-10H3,(H,29,31)(H,30,33)/t13?,14?,17-,18-,19+,20+,21-,22-,23-,24-/m1/s1. The van der Waals surface area contributed by atoms with E-state index in [0.29, 0.717) is 0 Å². The van der Waals surface area contributed by atoms with Crippen molar-refractivity contribution in [3.63, 3.8) is 0 Å². The number of fused-ring (bicyclic) bond motifs is 2. The molecule has 0 aromatic rings. The van der Waals surface area contributed by atoms with Crippen LogP contribution in [0.4, 0.5) is 4.79 Å². The maximum Gasteiger partial charge on any atom is 0.407 e. The van der Waals surface area contributed by atoms with Gasteiger partial charge >= 0.3 is 12.1 Å². The van der Waals surface area contributed by atoms with Gasteiger partial charge < -0.3 is 58.0 Å². The number of carbonyl (C=O) groups is 3. The van der Waals surface area contributed by atoms with Gasteiger partial charge in [-0.1, -0.05) is 0 Å². The van der Waals surface area contributed by atoms with Gasteiger partial charge in [-0.05, 0) is 48.5 Å². The van der Waals surface area contributed by atoms with Crippen LogP contribution in [0.15, 0.2) is 0 Å². The van der Waals surface area contributed by atoms with Crippen molar-refractivity contribution < 1.29 is 61.8 Å². The first kappa shape index (κ1) is 33.8. The Bertz CT molecular complexity index is 1030. The van der Waals surface area contributed by atoms with Crippen molar-refractivity contribution in [3.8, 4) is 0 Å². The second kappa shape index (κ2) is 12.7. The Hall–Kier alpha value is -2.11. The van der Waals surface area contributed by atoms with E-state index in [1.54, 1.807) is 48.5 Å². The number of carbonyl (C=O) groups excluding carboxylic acids is 3. The molecule has 43 heavy (non-hydrogen) atoms. The van der Waals surface area contributed by atoms with Crippen molar-refractivity contribution in [1.82, 2.24) is 10.6 Å². The van der Waals surface area contributed by atoms with E-state index in [0.717, 1.165) is 0 Å². The lowest BCUT2D eigenvalue weighted by molar-refractivity contribution is -0.220. The smallest absolute Gasteiger partial charge is 0.407 e. The van der Waals surface area contributed by atoms with E-state index in [4.69, 9.17) is 47.4 Å². The molecule has 2 N–H and O–H groups in total. The van der Waals surface area contributed by atoms with E-state index < -0.39 is 96.4 Å². The van der Waals surface area contributed by atoms with Gasteiger partial charge in [-0.2, -0.15) is 0 Å². The molecule has 0 bridgehead atoms. The van der Waals surface area contributed by atoms with Crippen LogP contribution >= 0.6 is 0 Å². The van der Waals surface area contributed by atoms with E-state index in [-0.39, 0.29) is 12.8 Å².